The van der Waals surface area contributed by atoms with Gasteiger partial charge in [0, 0.05) is 36.6 Å². The molecular formula is C21H26N4O4. The first-order valence-corrected chi connectivity index (χ1v) is 9.92. The van der Waals surface area contributed by atoms with Crippen LogP contribution in [-0.4, -0.2) is 59.0 Å². The van der Waals surface area contributed by atoms with Crippen LogP contribution in [0.2, 0.25) is 0 Å². The molecule has 3 rings (SSSR count). The minimum atomic E-state index is -1.11. The van der Waals surface area contributed by atoms with Gasteiger partial charge in [0.15, 0.2) is 11.8 Å². The molecule has 0 radical (unpaired) electrons. The second kappa shape index (κ2) is 9.52. The highest BCUT2D eigenvalue weighted by Crippen LogP contribution is 2.34. The fraction of sp³-hybridized carbons (Fsp3) is 0.524. The van der Waals surface area contributed by atoms with Crippen LogP contribution in [0, 0.1) is 18.3 Å². The number of carboxylic acids is 1. The Morgan fingerprint density at radius 3 is 2.59 bits per heavy atom. The lowest BCUT2D eigenvalue weighted by Crippen LogP contribution is -2.57. The molecule has 8 heteroatoms. The molecule has 1 aliphatic heterocycles. The minimum absolute atomic E-state index is 0.0809. The number of ketones is 1. The van der Waals surface area contributed by atoms with Crippen LogP contribution in [0.5, 0.6) is 0 Å². The van der Waals surface area contributed by atoms with E-state index >= 15 is 0 Å². The van der Waals surface area contributed by atoms with E-state index in [2.05, 4.69) is 21.5 Å². The van der Waals surface area contributed by atoms with Crippen LogP contribution in [-0.2, 0) is 14.4 Å². The number of hydrogen-bond donors (Lipinski definition) is 3. The Morgan fingerprint density at radius 2 is 2.03 bits per heavy atom. The average Bonchev–Trinajstić information content (AvgIpc) is 3.56. The summed E-state index contributed by atoms with van der Waals surface area (Å²) in [6, 6.07) is 1.61. The topological polar surface area (TPSA) is 112 Å². The van der Waals surface area contributed by atoms with Gasteiger partial charge in [0.25, 0.3) is 5.91 Å². The van der Waals surface area contributed by atoms with Crippen LogP contribution in [0.4, 0.5) is 5.69 Å². The first-order chi connectivity index (χ1) is 14.0. The van der Waals surface area contributed by atoms with Crippen molar-refractivity contribution in [2.24, 2.45) is 5.92 Å². The molecule has 1 saturated heterocycles. The molecule has 2 unspecified atom stereocenters. The molecule has 0 aromatic carbocycles. The van der Waals surface area contributed by atoms with Gasteiger partial charge in [-0.25, -0.2) is 0 Å². The number of hydrogen-bond acceptors (Lipinski definition) is 6. The second-order valence-electron chi connectivity index (χ2n) is 7.52. The summed E-state index contributed by atoms with van der Waals surface area (Å²) in [5, 5.41) is 14.8. The molecule has 1 amide bonds. The summed E-state index contributed by atoms with van der Waals surface area (Å²) in [7, 11) is 0. The van der Waals surface area contributed by atoms with Crippen molar-refractivity contribution in [3.8, 4) is 12.3 Å². The maximum atomic E-state index is 13.5. The van der Waals surface area contributed by atoms with E-state index in [0.29, 0.717) is 6.54 Å². The Bertz CT molecular complexity index is 782. The fourth-order valence-electron chi connectivity index (χ4n) is 3.73. The molecule has 154 valence electrons. The zero-order valence-corrected chi connectivity index (χ0v) is 16.2. The van der Waals surface area contributed by atoms with Gasteiger partial charge in [-0.15, -0.1) is 6.42 Å². The average molecular weight is 398 g/mol. The Labute approximate surface area is 170 Å². The van der Waals surface area contributed by atoms with Crippen LogP contribution >= 0.6 is 0 Å². The zero-order valence-electron chi connectivity index (χ0n) is 16.2. The van der Waals surface area contributed by atoms with Gasteiger partial charge in [0.05, 0.1) is 6.42 Å². The van der Waals surface area contributed by atoms with E-state index in [1.54, 1.807) is 24.5 Å². The maximum Gasteiger partial charge on any atom is 0.306 e. The summed E-state index contributed by atoms with van der Waals surface area (Å²) < 4.78 is 0. The number of aromatic nitrogens is 1. The number of anilines is 1. The highest BCUT2D eigenvalue weighted by molar-refractivity contribution is 6.09. The third-order valence-electron chi connectivity index (χ3n) is 5.29. The number of carbonyl (C=O) groups excluding carboxylic acids is 2. The summed E-state index contributed by atoms with van der Waals surface area (Å²) in [5.41, 5.74) is 0.746. The molecule has 29 heavy (non-hydrogen) atoms. The molecule has 1 aromatic rings. The number of pyridine rings is 1. The molecule has 1 aromatic heterocycles. The maximum absolute atomic E-state index is 13.5. The first-order valence-electron chi connectivity index (χ1n) is 9.92. The molecule has 1 saturated carbocycles. The molecule has 3 atom stereocenters. The van der Waals surface area contributed by atoms with Crippen molar-refractivity contribution >= 4 is 23.3 Å². The van der Waals surface area contributed by atoms with Crippen LogP contribution in [0.1, 0.15) is 32.1 Å². The Hall–Kier alpha value is -2.92. The summed E-state index contributed by atoms with van der Waals surface area (Å²) in [6.07, 6.45) is 11.6. The van der Waals surface area contributed by atoms with Gasteiger partial charge in [0.1, 0.15) is 6.04 Å². The van der Waals surface area contributed by atoms with Gasteiger partial charge in [-0.3, -0.25) is 19.4 Å². The number of nitrogens with zero attached hydrogens (tertiary/aromatic N) is 2. The largest absolute Gasteiger partial charge is 0.481 e. The minimum Gasteiger partial charge on any atom is -0.481 e. The highest BCUT2D eigenvalue weighted by Gasteiger charge is 2.44. The molecule has 1 aliphatic carbocycles. The standard InChI is InChI=1S/C21H26N4O4/c1-2-15(12-18(26)27)24-21(29)19(20(28)14-4-3-9-23-13-14)25(16-5-6-16)17-7-10-22-11-8-17/h1,7-8,10-11,14-16,19,23H,3-6,9,12-13H2,(H,24,29)(H,26,27)/t14?,15-,19?/m1/s1. The number of amides is 1. The van der Waals surface area contributed by atoms with Crippen LogP contribution in [0.15, 0.2) is 24.5 Å². The number of rotatable bonds is 9. The van der Waals surface area contributed by atoms with Crippen molar-refractivity contribution in [1.82, 2.24) is 15.6 Å². The lowest BCUT2D eigenvalue weighted by atomic mass is 9.89. The van der Waals surface area contributed by atoms with Gasteiger partial charge in [-0.1, -0.05) is 5.92 Å². The second-order valence-corrected chi connectivity index (χ2v) is 7.52. The molecule has 2 fully saturated rings. The Kier molecular flexibility index (Phi) is 6.83. The van der Waals surface area contributed by atoms with Gasteiger partial charge in [-0.05, 0) is 44.4 Å². The lowest BCUT2D eigenvalue weighted by molar-refractivity contribution is -0.137. The quantitative estimate of drug-likeness (QED) is 0.412. The molecular weight excluding hydrogens is 372 g/mol. The van der Waals surface area contributed by atoms with Crippen LogP contribution in [0.3, 0.4) is 0 Å². The third kappa shape index (κ3) is 5.33. The van der Waals surface area contributed by atoms with E-state index in [1.165, 1.54) is 0 Å². The predicted molar refractivity (Wildman–Crippen MR) is 107 cm³/mol. The number of terminal acetylenes is 1. The van der Waals surface area contributed by atoms with Crippen LogP contribution < -0.4 is 15.5 Å². The Morgan fingerprint density at radius 1 is 1.31 bits per heavy atom. The van der Waals surface area contributed by atoms with E-state index < -0.39 is 30.4 Å². The van der Waals surface area contributed by atoms with Crippen molar-refractivity contribution in [3.05, 3.63) is 24.5 Å². The van der Waals surface area contributed by atoms with Gasteiger partial charge >= 0.3 is 5.97 Å². The number of nitrogens with one attached hydrogen (secondary N) is 2. The lowest BCUT2D eigenvalue weighted by Gasteiger charge is -2.35. The zero-order chi connectivity index (χ0) is 20.8. The van der Waals surface area contributed by atoms with E-state index in [9.17, 15) is 14.4 Å². The SMILES string of the molecule is C#C[C@H](CC(=O)O)NC(=O)C(C(=O)C1CCCNC1)N(c1ccncc1)C1CC1. The van der Waals surface area contributed by atoms with Crippen molar-refractivity contribution < 1.29 is 19.5 Å². The van der Waals surface area contributed by atoms with Crippen molar-refractivity contribution in [2.45, 2.75) is 50.2 Å². The van der Waals surface area contributed by atoms with Crippen LogP contribution in [0.25, 0.3) is 0 Å². The van der Waals surface area contributed by atoms with E-state index in [-0.39, 0.29) is 17.7 Å². The van der Waals surface area contributed by atoms with Crippen molar-refractivity contribution in [2.75, 3.05) is 18.0 Å². The summed E-state index contributed by atoms with van der Waals surface area (Å²) in [6.45, 7) is 1.39. The number of piperidine rings is 1. The van der Waals surface area contributed by atoms with Crippen molar-refractivity contribution in [3.63, 3.8) is 0 Å². The number of carbonyl (C=O) groups is 3. The molecule has 2 heterocycles. The van der Waals surface area contributed by atoms with E-state index in [4.69, 9.17) is 11.5 Å². The Balaban J connectivity index is 1.90. The third-order valence-corrected chi connectivity index (χ3v) is 5.29. The molecule has 0 bridgehead atoms. The first kappa shape index (κ1) is 20.8. The predicted octanol–water partition coefficient (Wildman–Crippen LogP) is 0.580. The smallest absolute Gasteiger partial charge is 0.306 e. The summed E-state index contributed by atoms with van der Waals surface area (Å²) in [5.74, 6) is 0.204. The fourth-order valence-corrected chi connectivity index (χ4v) is 3.73. The molecule has 8 nitrogen and oxygen atoms in total. The summed E-state index contributed by atoms with van der Waals surface area (Å²) >= 11 is 0. The highest BCUT2D eigenvalue weighted by atomic mass is 16.4. The monoisotopic (exact) mass is 398 g/mol. The van der Waals surface area contributed by atoms with Crippen molar-refractivity contribution in [1.29, 1.82) is 0 Å². The number of Topliss-reactive ketones (excluding diaryl/α,β-unsaturated/α-hetero) is 1. The summed E-state index contributed by atoms with van der Waals surface area (Å²) in [4.78, 5) is 43.6. The normalized spacial score (nSPS) is 20.7. The molecule has 0 spiro atoms. The molecule has 2 aliphatic rings. The number of carboxylic acid groups (broad SMARTS) is 1. The van der Waals surface area contributed by atoms with E-state index in [0.717, 1.165) is 37.9 Å². The number of aliphatic carboxylic acids is 1. The molecule has 3 N–H and O–H groups in total. The van der Waals surface area contributed by atoms with Gasteiger partial charge in [-0.2, -0.15) is 0 Å². The van der Waals surface area contributed by atoms with Gasteiger partial charge < -0.3 is 20.6 Å². The van der Waals surface area contributed by atoms with E-state index in [1.807, 2.05) is 4.90 Å². The van der Waals surface area contributed by atoms with Gasteiger partial charge in [0.2, 0.25) is 0 Å².